The average Bonchev–Trinajstić information content (AvgIpc) is 3.22. The van der Waals surface area contributed by atoms with Crippen LogP contribution in [0.1, 0.15) is 0 Å². The van der Waals surface area contributed by atoms with Crippen LogP contribution < -0.4 is 31.4 Å². The van der Waals surface area contributed by atoms with Gasteiger partial charge in [-0.05, 0) is 12.1 Å². The molecule has 0 N–H and O–H groups in total. The first-order valence-corrected chi connectivity index (χ1v) is 15.2. The van der Waals surface area contributed by atoms with Crippen LogP contribution in [0, 0.1) is 122 Å². The number of nitrogens with zero attached hydrogens (tertiary/aromatic N) is 1. The van der Waals surface area contributed by atoms with E-state index in [9.17, 15) is 57.1 Å². The highest BCUT2D eigenvalue weighted by molar-refractivity contribution is 7.20. The number of hydrogen-bond donors (Lipinski definition) is 0. The maximum absolute atomic E-state index is 15.4. The molecule has 0 fully saturated rings. The third kappa shape index (κ3) is 6.82. The first-order valence-electron chi connectivity index (χ1n) is 15.2. The predicted octanol–water partition coefficient (Wildman–Crippen LogP) is 7.80. The van der Waals surface area contributed by atoms with Gasteiger partial charge in [-0.15, -0.1) is 21.9 Å². The van der Waals surface area contributed by atoms with Crippen molar-refractivity contribution in [3.8, 4) is 5.75 Å². The monoisotopic (exact) mass is 869 g/mol. The Morgan fingerprint density at radius 3 is 0.780 bits per heavy atom. The summed E-state index contributed by atoms with van der Waals surface area (Å²) in [5, 5.41) is 0. The maximum Gasteiger partial charge on any atom is 0.239 e. The lowest BCUT2D eigenvalue weighted by Crippen LogP contribution is -2.81. The Morgan fingerprint density at radius 2 is 0.525 bits per heavy atom. The lowest BCUT2D eigenvalue weighted by atomic mass is 9.12. The zero-order valence-electron chi connectivity index (χ0n) is 27.6. The van der Waals surface area contributed by atoms with E-state index in [0.717, 1.165) is 0 Å². The second-order valence-corrected chi connectivity index (χ2v) is 11.6. The van der Waals surface area contributed by atoms with Gasteiger partial charge in [0.05, 0.1) is 0 Å². The van der Waals surface area contributed by atoms with Gasteiger partial charge in [-0.3, -0.25) is 0 Å². The molecule has 0 aliphatic carbocycles. The molecule has 310 valence electrons. The third-order valence-corrected chi connectivity index (χ3v) is 8.44. The molecule has 0 saturated heterocycles. The van der Waals surface area contributed by atoms with Gasteiger partial charge in [-0.25, -0.2) is 97.0 Å². The van der Waals surface area contributed by atoms with Gasteiger partial charge in [0.1, 0.15) is 52.7 Å². The zero-order chi connectivity index (χ0) is 44.2. The molecule has 0 unspecified atom stereocenters. The van der Waals surface area contributed by atoms with E-state index in [0.29, 0.717) is 0 Å². The van der Waals surface area contributed by atoms with Crippen LogP contribution in [0.5, 0.6) is 5.75 Å². The van der Waals surface area contributed by atoms with E-state index in [4.69, 9.17) is 4.84 Å². The quantitative estimate of drug-likeness (QED) is 0.0548. The molecule has 0 bridgehead atoms. The Labute approximate surface area is 312 Å². The van der Waals surface area contributed by atoms with E-state index in [1.54, 1.807) is 42.7 Å². The van der Waals surface area contributed by atoms with E-state index in [2.05, 4.69) is 0 Å². The Morgan fingerprint density at radius 1 is 0.288 bits per heavy atom. The number of pyridine rings is 1. The summed E-state index contributed by atoms with van der Waals surface area (Å²) in [5.74, 6) is -71.6. The largest absolute Gasteiger partial charge is 0.239 e. The van der Waals surface area contributed by atoms with E-state index in [1.807, 2.05) is 6.07 Å². The molecule has 0 spiro atoms. The van der Waals surface area contributed by atoms with Gasteiger partial charge in [0.25, 0.3) is 0 Å². The summed E-state index contributed by atoms with van der Waals surface area (Å²) in [6.07, 6.45) is -3.82. The molecule has 24 heteroatoms. The molecule has 59 heavy (non-hydrogen) atoms. The summed E-state index contributed by atoms with van der Waals surface area (Å²) < 4.78 is 309. The van der Waals surface area contributed by atoms with Crippen LogP contribution in [-0.2, 0) is 0 Å². The van der Waals surface area contributed by atoms with Crippen molar-refractivity contribution in [1.82, 2.24) is 0 Å². The van der Waals surface area contributed by atoms with Crippen LogP contribution in [0.3, 0.4) is 0 Å². The lowest BCUT2D eigenvalue weighted by Gasteiger charge is -2.44. The normalized spacial score (nSPS) is 11.5. The predicted molar refractivity (Wildman–Crippen MR) is 158 cm³/mol. The average molecular weight is 869 g/mol. The molecule has 6 aromatic rings. The fraction of sp³-hybridized carbons (Fsp3) is 0. The number of rotatable bonds is 6. The molecule has 0 atom stereocenters. The molecule has 1 aromatic heterocycles. The molecular formula is C35H9BF21NO. The number of aromatic nitrogens is 1. The zero-order valence-corrected chi connectivity index (χ0v) is 27.6. The maximum atomic E-state index is 15.4. The van der Waals surface area contributed by atoms with Crippen LogP contribution in [-0.4, -0.2) is 6.15 Å². The second-order valence-electron chi connectivity index (χ2n) is 11.6. The Balaban J connectivity index is 0.000000395. The Kier molecular flexibility index (Phi) is 12.0. The minimum atomic E-state index is -7.22. The second kappa shape index (κ2) is 16.1. The summed E-state index contributed by atoms with van der Waals surface area (Å²) in [7, 11) is 0. The van der Waals surface area contributed by atoms with Gasteiger partial charge in [0, 0.05) is 16.9 Å². The van der Waals surface area contributed by atoms with Crippen molar-refractivity contribution in [2.45, 2.75) is 0 Å². The van der Waals surface area contributed by atoms with Gasteiger partial charge in [0.15, 0.2) is 75.6 Å². The molecule has 0 amide bonds. The van der Waals surface area contributed by atoms with Gasteiger partial charge in [-0.1, -0.05) is 18.2 Å². The summed E-state index contributed by atoms with van der Waals surface area (Å²) in [5.41, 5.74) is -14.3. The van der Waals surface area contributed by atoms with Crippen molar-refractivity contribution in [1.29, 1.82) is 0 Å². The molecule has 2 nitrogen and oxygen atoms in total. The number of halogens is 21. The van der Waals surface area contributed by atoms with Crippen molar-refractivity contribution < 1.29 is 102 Å². The Hall–Kier alpha value is -6.36. The summed E-state index contributed by atoms with van der Waals surface area (Å²) in [6, 6.07) is 11.8. The van der Waals surface area contributed by atoms with Crippen LogP contribution in [0.2, 0.25) is 0 Å². The molecule has 1 heterocycles. The van der Waals surface area contributed by atoms with Gasteiger partial charge in [0.2, 0.25) is 18.1 Å². The van der Waals surface area contributed by atoms with Crippen LogP contribution in [0.4, 0.5) is 92.2 Å². The molecule has 5 aromatic carbocycles. The fourth-order valence-corrected chi connectivity index (χ4v) is 5.95. The van der Waals surface area contributed by atoms with Crippen molar-refractivity contribution in [3.63, 3.8) is 0 Å². The highest BCUT2D eigenvalue weighted by atomic mass is 19.2. The topological polar surface area (TPSA) is 13.1 Å². The van der Waals surface area contributed by atoms with Gasteiger partial charge in [-0.2, -0.15) is 0 Å². The molecule has 0 saturated carbocycles. The summed E-state index contributed by atoms with van der Waals surface area (Å²) >= 11 is 0. The van der Waals surface area contributed by atoms with E-state index in [1.165, 1.54) is 10.8 Å². The Bertz CT molecular complexity index is 2280. The minimum absolute atomic E-state index is 0.212. The van der Waals surface area contributed by atoms with Gasteiger partial charge >= 0.3 is 0 Å². The van der Waals surface area contributed by atoms with Gasteiger partial charge < -0.3 is 0 Å². The van der Waals surface area contributed by atoms with E-state index in [-0.39, 0.29) is 11.6 Å². The van der Waals surface area contributed by atoms with Crippen LogP contribution in [0.25, 0.3) is 0 Å². The lowest BCUT2D eigenvalue weighted by molar-refractivity contribution is -0.875. The van der Waals surface area contributed by atoms with Crippen molar-refractivity contribution in [2.24, 2.45) is 0 Å². The van der Waals surface area contributed by atoms with Crippen LogP contribution in [0.15, 0.2) is 54.9 Å². The first-order chi connectivity index (χ1) is 27.6. The fourth-order valence-electron chi connectivity index (χ4n) is 5.95. The van der Waals surface area contributed by atoms with Crippen LogP contribution >= 0.6 is 0 Å². The molecule has 0 radical (unpaired) electrons. The van der Waals surface area contributed by atoms with Crippen molar-refractivity contribution in [3.05, 3.63) is 177 Å². The summed E-state index contributed by atoms with van der Waals surface area (Å²) in [4.78, 5) is 5.25. The first kappa shape index (κ1) is 43.8. The van der Waals surface area contributed by atoms with E-state index >= 15 is 35.1 Å². The molecule has 0 aliphatic rings. The molecule has 6 rings (SSSR count). The number of benzene rings is 5. The minimum Gasteiger partial charge on any atom is -0.228 e. The highest BCUT2D eigenvalue weighted by Gasteiger charge is 2.52. The number of para-hydroxylation sites is 1. The molecule has 0 aliphatic heterocycles. The van der Waals surface area contributed by atoms with Crippen molar-refractivity contribution >= 4 is 28.0 Å². The SMILES string of the molecule is Fc1c(F)c(F)c([B-](c2c(F)c(F)c(F)c(F)c2F)(c2c(F)c(F)c(F)c(F)c2F)c2c(F)c(F)c(F)c(F)c2F)c(F)c1F.Fc1ccccc1O[n+]1ccccc1. The number of hydrogen-bond acceptors (Lipinski definition) is 1. The van der Waals surface area contributed by atoms with E-state index < -0.39 is 144 Å². The molecular weight excluding hydrogens is 860 g/mol. The third-order valence-electron chi connectivity index (χ3n) is 8.44. The smallest absolute Gasteiger partial charge is 0.228 e. The summed E-state index contributed by atoms with van der Waals surface area (Å²) in [6.45, 7) is 0. The highest BCUT2D eigenvalue weighted by Crippen LogP contribution is 2.30. The standard InChI is InChI=1S/C24BF20.C11H9FNO/c26-5-1(6(27)14(35)21(42)13(5)34)25(2-7(28)15(36)22(43)16(37)8(2)29,3-9(30)17(38)23(44)18(39)10(3)31)4-11(32)19(40)24(45)20(41)12(4)33;12-10-6-2-3-7-11(10)14-13-8-4-1-5-9-13/h;1-9H/q-1;+1. The van der Waals surface area contributed by atoms with Crippen molar-refractivity contribution in [2.75, 3.05) is 0 Å².